The number of thiocarbonyl (C=S) groups is 1. The number of aryl methyl sites for hydroxylation is 1. The first kappa shape index (κ1) is 21.8. The van der Waals surface area contributed by atoms with E-state index < -0.39 is 0 Å². The zero-order valence-electron chi connectivity index (χ0n) is 18.0. The van der Waals surface area contributed by atoms with Crippen LogP contribution in [0.2, 0.25) is 0 Å². The first-order valence-electron chi connectivity index (χ1n) is 10.9. The van der Waals surface area contributed by atoms with Gasteiger partial charge in [-0.05, 0) is 49.6 Å². The van der Waals surface area contributed by atoms with Crippen molar-refractivity contribution in [1.82, 2.24) is 10.2 Å². The van der Waals surface area contributed by atoms with E-state index in [4.69, 9.17) is 17.0 Å². The molecule has 0 spiro atoms. The third-order valence-corrected chi connectivity index (χ3v) is 6.22. The van der Waals surface area contributed by atoms with Gasteiger partial charge < -0.3 is 10.1 Å². The van der Waals surface area contributed by atoms with Crippen molar-refractivity contribution in [2.75, 3.05) is 20.2 Å². The van der Waals surface area contributed by atoms with Gasteiger partial charge in [0.25, 0.3) is 0 Å². The number of hydrogen-bond donors (Lipinski definition) is 1. The van der Waals surface area contributed by atoms with E-state index >= 15 is 0 Å². The number of fused-ring (bicyclic) bond motifs is 1. The number of ether oxygens (including phenoxy) is 1. The van der Waals surface area contributed by atoms with Gasteiger partial charge in [0.2, 0.25) is 0 Å². The quantitative estimate of drug-likeness (QED) is 0.449. The minimum absolute atomic E-state index is 0.459. The van der Waals surface area contributed by atoms with Crippen molar-refractivity contribution in [3.63, 3.8) is 0 Å². The highest BCUT2D eigenvalue weighted by Gasteiger charge is 2.25. The first-order chi connectivity index (χ1) is 14.1. The van der Waals surface area contributed by atoms with Crippen LogP contribution in [0.4, 0.5) is 0 Å². The lowest BCUT2D eigenvalue weighted by Crippen LogP contribution is -2.47. The van der Waals surface area contributed by atoms with E-state index in [9.17, 15) is 0 Å². The molecule has 0 amide bonds. The van der Waals surface area contributed by atoms with E-state index in [2.05, 4.69) is 60.5 Å². The molecule has 1 aliphatic heterocycles. The Morgan fingerprint density at radius 3 is 2.69 bits per heavy atom. The highest BCUT2D eigenvalue weighted by molar-refractivity contribution is 7.80. The predicted molar refractivity (Wildman–Crippen MR) is 126 cm³/mol. The molecule has 1 aliphatic rings. The minimum atomic E-state index is 0.459. The van der Waals surface area contributed by atoms with Gasteiger partial charge in [-0.25, -0.2) is 0 Å². The zero-order valence-corrected chi connectivity index (χ0v) is 18.9. The molecule has 1 N–H and O–H groups in total. The lowest BCUT2D eigenvalue weighted by atomic mass is 9.93. The fourth-order valence-electron chi connectivity index (χ4n) is 4.15. The molecule has 4 heteroatoms. The van der Waals surface area contributed by atoms with Crippen molar-refractivity contribution in [3.8, 4) is 5.75 Å². The van der Waals surface area contributed by atoms with Crippen LogP contribution in [0.25, 0.3) is 0 Å². The van der Waals surface area contributed by atoms with Gasteiger partial charge in [-0.15, -0.1) is 0 Å². The van der Waals surface area contributed by atoms with Crippen LogP contribution < -0.4 is 10.1 Å². The first-order valence-corrected chi connectivity index (χ1v) is 11.3. The predicted octanol–water partition coefficient (Wildman–Crippen LogP) is 5.28. The zero-order chi connectivity index (χ0) is 20.6. The van der Waals surface area contributed by atoms with Gasteiger partial charge in [0.05, 0.1) is 12.7 Å². The summed E-state index contributed by atoms with van der Waals surface area (Å²) in [4.78, 5) is 3.41. The molecule has 0 bridgehead atoms. The highest BCUT2D eigenvalue weighted by atomic mass is 32.1. The Labute approximate surface area is 181 Å². The summed E-state index contributed by atoms with van der Waals surface area (Å²) in [7, 11) is 1.70. The van der Waals surface area contributed by atoms with Crippen LogP contribution in [0.1, 0.15) is 54.9 Å². The summed E-state index contributed by atoms with van der Waals surface area (Å²) < 4.78 is 5.52. The summed E-state index contributed by atoms with van der Waals surface area (Å²) in [6.45, 7) is 7.40. The SMILES string of the molecule is CCCCCCN1Cc2ccccc2C[C@@H]1CNC(=S)c1cc(C)ccc1OC. The van der Waals surface area contributed by atoms with Gasteiger partial charge >= 0.3 is 0 Å². The van der Waals surface area contributed by atoms with Crippen molar-refractivity contribution < 1.29 is 4.74 Å². The van der Waals surface area contributed by atoms with Crippen LogP contribution in [0.5, 0.6) is 5.75 Å². The number of nitrogens with one attached hydrogen (secondary N) is 1. The maximum absolute atomic E-state index is 5.73. The van der Waals surface area contributed by atoms with Crippen LogP contribution in [0, 0.1) is 6.92 Å². The fourth-order valence-corrected chi connectivity index (χ4v) is 4.39. The number of rotatable bonds is 9. The minimum Gasteiger partial charge on any atom is -0.496 e. The van der Waals surface area contributed by atoms with E-state index in [0.29, 0.717) is 6.04 Å². The average molecular weight is 411 g/mol. The number of hydrogen-bond acceptors (Lipinski definition) is 3. The molecule has 0 saturated heterocycles. The molecule has 2 aromatic rings. The molecule has 0 aromatic heterocycles. The Morgan fingerprint density at radius 1 is 1.14 bits per heavy atom. The van der Waals surface area contributed by atoms with Crippen LogP contribution in [-0.2, 0) is 13.0 Å². The second-order valence-electron chi connectivity index (χ2n) is 8.07. The Morgan fingerprint density at radius 2 is 1.93 bits per heavy atom. The Bertz CT molecular complexity index is 820. The van der Waals surface area contributed by atoms with Crippen molar-refractivity contribution >= 4 is 17.2 Å². The molecule has 0 unspecified atom stereocenters. The van der Waals surface area contributed by atoms with Crippen molar-refractivity contribution in [3.05, 3.63) is 64.7 Å². The molecule has 3 nitrogen and oxygen atoms in total. The Kier molecular flexibility index (Phi) is 8.08. The number of methoxy groups -OCH3 is 1. The summed E-state index contributed by atoms with van der Waals surface area (Å²) in [5.74, 6) is 0.832. The second-order valence-corrected chi connectivity index (χ2v) is 8.48. The molecule has 1 heterocycles. The fraction of sp³-hybridized carbons (Fsp3) is 0.480. The number of nitrogens with zero attached hydrogens (tertiary/aromatic N) is 1. The number of benzene rings is 2. The molecular formula is C25H34N2OS. The molecule has 0 fully saturated rings. The molecule has 0 saturated carbocycles. The van der Waals surface area contributed by atoms with Gasteiger partial charge in [-0.1, -0.05) is 74.3 Å². The average Bonchev–Trinajstić information content (AvgIpc) is 2.74. The molecule has 0 aliphatic carbocycles. The van der Waals surface area contributed by atoms with Crippen LogP contribution >= 0.6 is 12.2 Å². The molecule has 0 radical (unpaired) electrons. The Hall–Kier alpha value is -1.91. The molecule has 1 atom stereocenters. The van der Waals surface area contributed by atoms with Gasteiger partial charge in [0.15, 0.2) is 0 Å². The van der Waals surface area contributed by atoms with Crippen LogP contribution in [0.3, 0.4) is 0 Å². The molecule has 156 valence electrons. The van der Waals surface area contributed by atoms with Crippen molar-refractivity contribution in [1.29, 1.82) is 0 Å². The maximum atomic E-state index is 5.73. The second kappa shape index (κ2) is 10.7. The van der Waals surface area contributed by atoms with Crippen LogP contribution in [0.15, 0.2) is 42.5 Å². The molecule has 29 heavy (non-hydrogen) atoms. The molecule has 2 aromatic carbocycles. The third kappa shape index (κ3) is 5.80. The lowest BCUT2D eigenvalue weighted by Gasteiger charge is -2.37. The van der Waals surface area contributed by atoms with Crippen LogP contribution in [-0.4, -0.2) is 36.1 Å². The van der Waals surface area contributed by atoms with E-state index in [1.54, 1.807) is 7.11 Å². The largest absolute Gasteiger partial charge is 0.496 e. The Balaban J connectivity index is 1.68. The summed E-state index contributed by atoms with van der Waals surface area (Å²) in [5, 5.41) is 3.54. The van der Waals surface area contributed by atoms with Gasteiger partial charge in [0.1, 0.15) is 10.7 Å². The monoisotopic (exact) mass is 410 g/mol. The smallest absolute Gasteiger partial charge is 0.129 e. The molecular weight excluding hydrogens is 376 g/mol. The van der Waals surface area contributed by atoms with Gasteiger partial charge in [0, 0.05) is 19.1 Å². The summed E-state index contributed by atoms with van der Waals surface area (Å²) in [6, 6.07) is 15.5. The lowest BCUT2D eigenvalue weighted by molar-refractivity contribution is 0.168. The molecule has 3 rings (SSSR count). The summed E-state index contributed by atoms with van der Waals surface area (Å²) in [5.41, 5.74) is 5.12. The summed E-state index contributed by atoms with van der Waals surface area (Å²) >= 11 is 5.73. The maximum Gasteiger partial charge on any atom is 0.129 e. The van der Waals surface area contributed by atoms with Crippen molar-refractivity contribution in [2.45, 2.75) is 58.5 Å². The van der Waals surface area contributed by atoms with Gasteiger partial charge in [-0.3, -0.25) is 4.90 Å². The van der Waals surface area contributed by atoms with Crippen molar-refractivity contribution in [2.24, 2.45) is 0 Å². The van der Waals surface area contributed by atoms with E-state index in [1.165, 1.54) is 42.4 Å². The number of unbranched alkanes of at least 4 members (excludes halogenated alkanes) is 3. The normalized spacial score (nSPS) is 16.3. The standard InChI is InChI=1S/C25H34N2OS/c1-4-5-6-9-14-27-18-21-11-8-7-10-20(21)16-22(27)17-26-25(29)23-15-19(2)12-13-24(23)28-3/h7-8,10-13,15,22H,4-6,9,14,16-18H2,1-3H3,(H,26,29)/t22-/m1/s1. The summed E-state index contributed by atoms with van der Waals surface area (Å²) in [6.07, 6.45) is 6.26. The van der Waals surface area contributed by atoms with E-state index in [1.807, 2.05) is 6.07 Å². The third-order valence-electron chi connectivity index (χ3n) is 5.86. The van der Waals surface area contributed by atoms with Gasteiger partial charge in [-0.2, -0.15) is 0 Å². The topological polar surface area (TPSA) is 24.5 Å². The van der Waals surface area contributed by atoms with E-state index in [0.717, 1.165) is 42.4 Å². The van der Waals surface area contributed by atoms with E-state index in [-0.39, 0.29) is 0 Å². The highest BCUT2D eigenvalue weighted by Crippen LogP contribution is 2.24.